The number of hydrogen-bond acceptors (Lipinski definition) is 3. The molecule has 1 N–H and O–H groups in total. The van der Waals surface area contributed by atoms with Crippen LogP contribution < -0.4 is 10.9 Å². The molecule has 0 aliphatic carbocycles. The van der Waals surface area contributed by atoms with E-state index in [9.17, 15) is 9.59 Å². The molecule has 0 aliphatic rings. The smallest absolute Gasteiger partial charge is 0.254 e. The molecule has 0 saturated carbocycles. The van der Waals surface area contributed by atoms with Crippen molar-refractivity contribution < 1.29 is 4.79 Å². The second-order valence-corrected chi connectivity index (χ2v) is 5.69. The lowest BCUT2D eigenvalue weighted by atomic mass is 10.1. The van der Waals surface area contributed by atoms with Gasteiger partial charge in [0.15, 0.2) is 0 Å². The van der Waals surface area contributed by atoms with Crippen molar-refractivity contribution in [3.63, 3.8) is 0 Å². The van der Waals surface area contributed by atoms with Gasteiger partial charge < -0.3 is 5.32 Å². The first kappa shape index (κ1) is 15.9. The summed E-state index contributed by atoms with van der Waals surface area (Å²) in [4.78, 5) is 28.5. The maximum absolute atomic E-state index is 12.3. The van der Waals surface area contributed by atoms with Gasteiger partial charge in [-0.1, -0.05) is 17.7 Å². The molecule has 0 radical (unpaired) electrons. The van der Waals surface area contributed by atoms with Crippen LogP contribution >= 0.6 is 0 Å². The van der Waals surface area contributed by atoms with E-state index >= 15 is 0 Å². The Morgan fingerprint density at radius 1 is 1.09 bits per heavy atom. The standard InChI is InChI=1S/C17H21N3O2/c1-10-6-11(2)17(12(3)7-10)19-15(21)9-20-14(5)18-13(4)8-16(20)22/h6-8H,9H2,1-5H3,(H,19,21). The fourth-order valence-electron chi connectivity index (χ4n) is 2.66. The monoisotopic (exact) mass is 299 g/mol. The van der Waals surface area contributed by atoms with Gasteiger partial charge in [-0.25, -0.2) is 4.98 Å². The van der Waals surface area contributed by atoms with E-state index in [2.05, 4.69) is 10.3 Å². The van der Waals surface area contributed by atoms with Crippen LogP contribution in [0.15, 0.2) is 23.0 Å². The first-order chi connectivity index (χ1) is 10.3. The molecule has 1 amide bonds. The van der Waals surface area contributed by atoms with Crippen molar-refractivity contribution in [2.75, 3.05) is 5.32 Å². The van der Waals surface area contributed by atoms with Gasteiger partial charge in [0.25, 0.3) is 5.56 Å². The minimum absolute atomic E-state index is 0.0370. The average Bonchev–Trinajstić information content (AvgIpc) is 2.38. The van der Waals surface area contributed by atoms with Crippen molar-refractivity contribution in [1.82, 2.24) is 9.55 Å². The highest BCUT2D eigenvalue weighted by molar-refractivity contribution is 5.92. The van der Waals surface area contributed by atoms with Crippen LogP contribution in [0.25, 0.3) is 0 Å². The van der Waals surface area contributed by atoms with Crippen LogP contribution in [0.1, 0.15) is 28.2 Å². The summed E-state index contributed by atoms with van der Waals surface area (Å²) in [6, 6.07) is 5.48. The molecule has 0 atom stereocenters. The number of carbonyl (C=O) groups is 1. The van der Waals surface area contributed by atoms with Crippen molar-refractivity contribution in [3.8, 4) is 0 Å². The summed E-state index contributed by atoms with van der Waals surface area (Å²) >= 11 is 0. The van der Waals surface area contributed by atoms with E-state index in [1.54, 1.807) is 13.8 Å². The predicted octanol–water partition coefficient (Wildman–Crippen LogP) is 2.42. The minimum atomic E-state index is -0.231. The van der Waals surface area contributed by atoms with E-state index in [1.165, 1.54) is 10.6 Å². The SMILES string of the molecule is Cc1cc(C)c(NC(=O)Cn2c(C)nc(C)cc2=O)c(C)c1. The molecule has 0 saturated heterocycles. The van der Waals surface area contributed by atoms with Gasteiger partial charge in [0.1, 0.15) is 12.4 Å². The summed E-state index contributed by atoms with van der Waals surface area (Å²) in [7, 11) is 0. The van der Waals surface area contributed by atoms with Gasteiger partial charge in [0, 0.05) is 17.4 Å². The quantitative estimate of drug-likeness (QED) is 0.946. The van der Waals surface area contributed by atoms with Crippen molar-refractivity contribution in [3.05, 3.63) is 56.8 Å². The third-order valence-corrected chi connectivity index (χ3v) is 3.57. The van der Waals surface area contributed by atoms with Crippen LogP contribution in [-0.4, -0.2) is 15.5 Å². The van der Waals surface area contributed by atoms with E-state index < -0.39 is 0 Å². The normalized spacial score (nSPS) is 10.6. The molecule has 5 nitrogen and oxygen atoms in total. The van der Waals surface area contributed by atoms with E-state index in [0.29, 0.717) is 11.5 Å². The number of nitrogens with one attached hydrogen (secondary N) is 1. The zero-order chi connectivity index (χ0) is 16.4. The predicted molar refractivity (Wildman–Crippen MR) is 87.3 cm³/mol. The number of anilines is 1. The van der Waals surface area contributed by atoms with Crippen molar-refractivity contribution in [2.24, 2.45) is 0 Å². The van der Waals surface area contributed by atoms with Gasteiger partial charge in [0.2, 0.25) is 5.91 Å². The van der Waals surface area contributed by atoms with Gasteiger partial charge >= 0.3 is 0 Å². The van der Waals surface area contributed by atoms with E-state index in [4.69, 9.17) is 0 Å². The van der Waals surface area contributed by atoms with Gasteiger partial charge in [-0.15, -0.1) is 0 Å². The number of amides is 1. The second kappa shape index (κ2) is 6.13. The molecular weight excluding hydrogens is 278 g/mol. The molecule has 0 spiro atoms. The molecule has 0 bridgehead atoms. The Labute approximate surface area is 130 Å². The average molecular weight is 299 g/mol. The van der Waals surface area contributed by atoms with Crippen LogP contribution in [0.2, 0.25) is 0 Å². The number of benzene rings is 1. The Hall–Kier alpha value is -2.43. The molecule has 1 heterocycles. The van der Waals surface area contributed by atoms with Crippen LogP contribution in [0.5, 0.6) is 0 Å². The van der Waals surface area contributed by atoms with Crippen molar-refractivity contribution in [1.29, 1.82) is 0 Å². The number of carbonyl (C=O) groups excluding carboxylic acids is 1. The highest BCUT2D eigenvalue weighted by Crippen LogP contribution is 2.21. The summed E-state index contributed by atoms with van der Waals surface area (Å²) in [5.74, 6) is 0.309. The lowest BCUT2D eigenvalue weighted by Crippen LogP contribution is -2.30. The largest absolute Gasteiger partial charge is 0.324 e. The second-order valence-electron chi connectivity index (χ2n) is 5.69. The highest BCUT2D eigenvalue weighted by atomic mass is 16.2. The molecule has 2 aromatic rings. The number of rotatable bonds is 3. The summed E-state index contributed by atoms with van der Waals surface area (Å²) in [5, 5.41) is 2.90. The van der Waals surface area contributed by atoms with Gasteiger partial charge in [-0.3, -0.25) is 14.2 Å². The number of aromatic nitrogens is 2. The third-order valence-electron chi connectivity index (χ3n) is 3.57. The molecule has 0 unspecified atom stereocenters. The number of aryl methyl sites for hydroxylation is 5. The van der Waals surface area contributed by atoms with Crippen LogP contribution in [0.4, 0.5) is 5.69 Å². The summed E-state index contributed by atoms with van der Waals surface area (Å²) < 4.78 is 1.38. The molecule has 0 aliphatic heterocycles. The molecule has 22 heavy (non-hydrogen) atoms. The number of hydrogen-bond donors (Lipinski definition) is 1. The van der Waals surface area contributed by atoms with E-state index in [1.807, 2.05) is 32.9 Å². The van der Waals surface area contributed by atoms with E-state index in [0.717, 1.165) is 22.4 Å². The maximum atomic E-state index is 12.3. The summed E-state index contributed by atoms with van der Waals surface area (Å²) in [6.45, 7) is 9.39. The fourth-order valence-corrected chi connectivity index (χ4v) is 2.66. The zero-order valence-corrected chi connectivity index (χ0v) is 13.7. The summed E-state index contributed by atoms with van der Waals surface area (Å²) in [5.41, 5.74) is 4.43. The van der Waals surface area contributed by atoms with Crippen molar-refractivity contribution >= 4 is 11.6 Å². The molecule has 1 aromatic heterocycles. The number of nitrogens with zero attached hydrogens (tertiary/aromatic N) is 2. The lowest BCUT2D eigenvalue weighted by Gasteiger charge is -2.14. The molecule has 1 aromatic carbocycles. The highest BCUT2D eigenvalue weighted by Gasteiger charge is 2.11. The minimum Gasteiger partial charge on any atom is -0.324 e. The van der Waals surface area contributed by atoms with Gasteiger partial charge in [-0.05, 0) is 45.7 Å². The topological polar surface area (TPSA) is 64.0 Å². The van der Waals surface area contributed by atoms with Gasteiger partial charge in [-0.2, -0.15) is 0 Å². The third kappa shape index (κ3) is 3.42. The van der Waals surface area contributed by atoms with Gasteiger partial charge in [0.05, 0.1) is 0 Å². The molecular formula is C17H21N3O2. The zero-order valence-electron chi connectivity index (χ0n) is 13.7. The van der Waals surface area contributed by atoms with Crippen LogP contribution in [0, 0.1) is 34.6 Å². The summed E-state index contributed by atoms with van der Waals surface area (Å²) in [6.07, 6.45) is 0. The fraction of sp³-hybridized carbons (Fsp3) is 0.353. The molecule has 2 rings (SSSR count). The Bertz CT molecular complexity index is 768. The Balaban J connectivity index is 2.24. The molecule has 0 fully saturated rings. The van der Waals surface area contributed by atoms with Crippen LogP contribution in [0.3, 0.4) is 0 Å². The Morgan fingerprint density at radius 2 is 1.68 bits per heavy atom. The van der Waals surface area contributed by atoms with Crippen molar-refractivity contribution in [2.45, 2.75) is 41.2 Å². The Morgan fingerprint density at radius 3 is 2.23 bits per heavy atom. The molecule has 5 heteroatoms. The lowest BCUT2D eigenvalue weighted by molar-refractivity contribution is -0.116. The van der Waals surface area contributed by atoms with Crippen LogP contribution in [-0.2, 0) is 11.3 Å². The Kier molecular flexibility index (Phi) is 4.45. The maximum Gasteiger partial charge on any atom is 0.254 e. The molecule has 116 valence electrons. The first-order valence-corrected chi connectivity index (χ1v) is 7.20. The van der Waals surface area contributed by atoms with E-state index in [-0.39, 0.29) is 18.0 Å². The first-order valence-electron chi connectivity index (χ1n) is 7.20.